The number of likely N-dealkylation sites (N-methyl/N-ethyl adjacent to an activating group) is 1. The van der Waals surface area contributed by atoms with Gasteiger partial charge in [-0.15, -0.1) is 0 Å². The van der Waals surface area contributed by atoms with Gasteiger partial charge in [-0.2, -0.15) is 4.31 Å². The molecule has 6 nitrogen and oxygen atoms in total. The van der Waals surface area contributed by atoms with Crippen molar-refractivity contribution in [2.45, 2.75) is 24.4 Å². The van der Waals surface area contributed by atoms with E-state index in [2.05, 4.69) is 22.1 Å². The minimum atomic E-state index is -3.54. The van der Waals surface area contributed by atoms with Gasteiger partial charge in [0.05, 0.1) is 5.69 Å². The molecule has 1 fully saturated rings. The van der Waals surface area contributed by atoms with Gasteiger partial charge in [-0.25, -0.2) is 13.4 Å². The normalized spacial score (nSPS) is 21.9. The van der Waals surface area contributed by atoms with E-state index in [-0.39, 0.29) is 11.1 Å². The minimum Gasteiger partial charge on any atom is -0.386 e. The maximum absolute atomic E-state index is 12.7. The van der Waals surface area contributed by atoms with E-state index in [1.807, 2.05) is 7.05 Å². The molecule has 1 aromatic rings. The van der Waals surface area contributed by atoms with Gasteiger partial charge in [-0.1, -0.05) is 6.92 Å². The summed E-state index contributed by atoms with van der Waals surface area (Å²) in [6.45, 7) is 3.86. The monoisotopic (exact) mass is 298 g/mol. The van der Waals surface area contributed by atoms with Crippen molar-refractivity contribution in [3.8, 4) is 0 Å². The van der Waals surface area contributed by atoms with Gasteiger partial charge in [0.1, 0.15) is 0 Å². The van der Waals surface area contributed by atoms with Crippen molar-refractivity contribution in [2.24, 2.45) is 0 Å². The molecule has 1 aromatic heterocycles. The van der Waals surface area contributed by atoms with Gasteiger partial charge >= 0.3 is 0 Å². The zero-order chi connectivity index (χ0) is 14.8. The molecular weight excluding hydrogens is 276 g/mol. The predicted molar refractivity (Wildman–Crippen MR) is 79.3 cm³/mol. The van der Waals surface area contributed by atoms with E-state index in [1.54, 1.807) is 23.5 Å². The number of hydrogen-bond donors (Lipinski definition) is 1. The van der Waals surface area contributed by atoms with Crippen molar-refractivity contribution in [3.05, 3.63) is 18.3 Å². The lowest BCUT2D eigenvalue weighted by molar-refractivity contribution is 0.144. The van der Waals surface area contributed by atoms with Gasteiger partial charge in [0.25, 0.3) is 10.0 Å². The molecule has 1 atom stereocenters. The summed E-state index contributed by atoms with van der Waals surface area (Å²) in [5.74, 6) is 0. The fraction of sp³-hybridized carbons (Fsp3) is 0.615. The van der Waals surface area contributed by atoms with E-state index in [9.17, 15) is 8.42 Å². The molecule has 0 aliphatic carbocycles. The maximum Gasteiger partial charge on any atom is 0.262 e. The van der Waals surface area contributed by atoms with Crippen molar-refractivity contribution in [1.82, 2.24) is 14.2 Å². The zero-order valence-electron chi connectivity index (χ0n) is 12.2. The molecule has 20 heavy (non-hydrogen) atoms. The molecule has 0 bridgehead atoms. The number of aromatic nitrogens is 1. The number of hydrogen-bond acceptors (Lipinski definition) is 5. The molecule has 0 amide bonds. The van der Waals surface area contributed by atoms with E-state index in [4.69, 9.17) is 0 Å². The van der Waals surface area contributed by atoms with Crippen molar-refractivity contribution >= 4 is 15.7 Å². The lowest BCUT2D eigenvalue weighted by Crippen LogP contribution is -2.53. The molecule has 1 unspecified atom stereocenters. The van der Waals surface area contributed by atoms with Crippen LogP contribution in [0.2, 0.25) is 0 Å². The fourth-order valence-electron chi connectivity index (χ4n) is 2.49. The second-order valence-corrected chi connectivity index (χ2v) is 6.87. The third kappa shape index (κ3) is 2.79. The standard InChI is InChI=1S/C13H22N4O2S/c1-4-11-10-17(9-8-16(11)3)20(18,19)13-12(14-2)6-5-7-15-13/h5-7,11,14H,4,8-10H2,1-3H3. The van der Waals surface area contributed by atoms with Crippen LogP contribution < -0.4 is 5.32 Å². The Hall–Kier alpha value is -1.18. The lowest BCUT2D eigenvalue weighted by Gasteiger charge is -2.38. The van der Waals surface area contributed by atoms with Gasteiger partial charge in [-0.3, -0.25) is 0 Å². The molecule has 112 valence electrons. The van der Waals surface area contributed by atoms with Gasteiger partial charge < -0.3 is 10.2 Å². The molecule has 1 N–H and O–H groups in total. The molecule has 1 saturated heterocycles. The third-order valence-electron chi connectivity index (χ3n) is 3.84. The van der Waals surface area contributed by atoms with Gasteiger partial charge in [0.2, 0.25) is 0 Å². The first-order valence-electron chi connectivity index (χ1n) is 6.83. The highest BCUT2D eigenvalue weighted by Crippen LogP contribution is 2.24. The summed E-state index contributed by atoms with van der Waals surface area (Å²) in [7, 11) is 0.205. The molecule has 0 saturated carbocycles. The highest BCUT2D eigenvalue weighted by molar-refractivity contribution is 7.89. The van der Waals surface area contributed by atoms with Crippen LogP contribution in [-0.2, 0) is 10.0 Å². The maximum atomic E-state index is 12.7. The highest BCUT2D eigenvalue weighted by atomic mass is 32.2. The molecule has 0 spiro atoms. The highest BCUT2D eigenvalue weighted by Gasteiger charge is 2.33. The quantitative estimate of drug-likeness (QED) is 0.892. The summed E-state index contributed by atoms with van der Waals surface area (Å²) < 4.78 is 27.0. The lowest BCUT2D eigenvalue weighted by atomic mass is 10.1. The summed E-state index contributed by atoms with van der Waals surface area (Å²) in [6.07, 6.45) is 2.45. The Bertz CT molecular complexity index is 561. The van der Waals surface area contributed by atoms with Crippen LogP contribution in [0.3, 0.4) is 0 Å². The Kier molecular flexibility index (Phi) is 4.62. The van der Waals surface area contributed by atoms with Crippen molar-refractivity contribution in [3.63, 3.8) is 0 Å². The number of nitrogens with one attached hydrogen (secondary N) is 1. The molecule has 2 rings (SSSR count). The Labute approximate surface area is 120 Å². The second kappa shape index (κ2) is 6.07. The third-order valence-corrected chi connectivity index (χ3v) is 5.66. The average Bonchev–Trinajstić information content (AvgIpc) is 2.47. The van der Waals surface area contributed by atoms with Crippen molar-refractivity contribution in [2.75, 3.05) is 39.0 Å². The van der Waals surface area contributed by atoms with Crippen LogP contribution in [0.4, 0.5) is 5.69 Å². The molecule has 1 aliphatic rings. The van der Waals surface area contributed by atoms with E-state index in [1.165, 1.54) is 6.20 Å². The average molecular weight is 298 g/mol. The molecule has 1 aliphatic heterocycles. The Morgan fingerprint density at radius 3 is 2.85 bits per heavy atom. The first kappa shape index (κ1) is 15.2. The molecule has 0 radical (unpaired) electrons. The van der Waals surface area contributed by atoms with E-state index in [0.29, 0.717) is 18.8 Å². The summed E-state index contributed by atoms with van der Waals surface area (Å²) in [6, 6.07) is 3.72. The van der Waals surface area contributed by atoms with Crippen LogP contribution in [0.1, 0.15) is 13.3 Å². The van der Waals surface area contributed by atoms with Gasteiger partial charge in [0, 0.05) is 38.9 Å². The van der Waals surface area contributed by atoms with Crippen LogP contribution in [0.5, 0.6) is 0 Å². The fourth-order valence-corrected chi connectivity index (χ4v) is 4.06. The van der Waals surface area contributed by atoms with Crippen molar-refractivity contribution in [1.29, 1.82) is 0 Å². The first-order valence-corrected chi connectivity index (χ1v) is 8.27. The molecule has 0 aromatic carbocycles. The van der Waals surface area contributed by atoms with Crippen LogP contribution in [0, 0.1) is 0 Å². The number of piperazine rings is 1. The molecule has 7 heteroatoms. The smallest absolute Gasteiger partial charge is 0.262 e. The SMILES string of the molecule is CCC1CN(S(=O)(=O)c2ncccc2NC)CCN1C. The Morgan fingerprint density at radius 1 is 1.45 bits per heavy atom. The topological polar surface area (TPSA) is 65.5 Å². The van der Waals surface area contributed by atoms with E-state index >= 15 is 0 Å². The number of sulfonamides is 1. The largest absolute Gasteiger partial charge is 0.386 e. The van der Waals surface area contributed by atoms with Crippen LogP contribution in [0.15, 0.2) is 23.4 Å². The summed E-state index contributed by atoms with van der Waals surface area (Å²) in [4.78, 5) is 6.27. The van der Waals surface area contributed by atoms with E-state index < -0.39 is 10.0 Å². The number of anilines is 1. The second-order valence-electron chi connectivity index (χ2n) is 5.01. The van der Waals surface area contributed by atoms with Gasteiger partial charge in [0.15, 0.2) is 5.03 Å². The summed E-state index contributed by atoms with van der Waals surface area (Å²) in [5, 5.41) is 3.01. The number of pyridine rings is 1. The Morgan fingerprint density at radius 2 is 2.20 bits per heavy atom. The summed E-state index contributed by atoms with van der Waals surface area (Å²) >= 11 is 0. The molecule has 2 heterocycles. The molecular formula is C13H22N4O2S. The number of nitrogens with zero attached hydrogens (tertiary/aromatic N) is 3. The predicted octanol–water partition coefficient (Wildman–Crippen LogP) is 0.838. The first-order chi connectivity index (χ1) is 9.50. The van der Waals surface area contributed by atoms with Crippen LogP contribution >= 0.6 is 0 Å². The Balaban J connectivity index is 2.31. The summed E-state index contributed by atoms with van der Waals surface area (Å²) in [5.41, 5.74) is 0.541. The minimum absolute atomic E-state index is 0.113. The van der Waals surface area contributed by atoms with Crippen LogP contribution in [-0.4, -0.2) is 62.4 Å². The van der Waals surface area contributed by atoms with E-state index in [0.717, 1.165) is 13.0 Å². The van der Waals surface area contributed by atoms with Crippen LogP contribution in [0.25, 0.3) is 0 Å². The van der Waals surface area contributed by atoms with Crippen molar-refractivity contribution < 1.29 is 8.42 Å². The van der Waals surface area contributed by atoms with Gasteiger partial charge in [-0.05, 0) is 25.6 Å². The number of rotatable bonds is 4. The zero-order valence-corrected chi connectivity index (χ0v) is 13.0.